The fraction of sp³-hybridized carbons (Fsp3) is 0.250. The topological polar surface area (TPSA) is 80.4 Å². The number of aryl methyl sites for hydroxylation is 1. The van der Waals surface area contributed by atoms with E-state index in [4.69, 9.17) is 4.55 Å². The van der Waals surface area contributed by atoms with Crippen LogP contribution in [0.5, 0.6) is 0 Å². The minimum Gasteiger partial charge on any atom is -0.363 e. The fourth-order valence-corrected chi connectivity index (χ4v) is 1.12. The van der Waals surface area contributed by atoms with E-state index in [0.29, 0.717) is 5.56 Å². The largest absolute Gasteiger partial charge is 0.363 e. The van der Waals surface area contributed by atoms with E-state index in [2.05, 4.69) is 9.68 Å². The summed E-state index contributed by atoms with van der Waals surface area (Å²) < 4.78 is 33.4. The minimum absolute atomic E-state index is 0.294. The Bertz CT molecular complexity index is 325. The van der Waals surface area contributed by atoms with Crippen LogP contribution >= 0.6 is 0 Å². The molecule has 1 aromatic rings. The highest BCUT2D eigenvalue weighted by Crippen LogP contribution is 2.10. The van der Waals surface area contributed by atoms with Gasteiger partial charge in [0.2, 0.25) is 5.03 Å². The van der Waals surface area contributed by atoms with E-state index in [1.54, 1.807) is 0 Å². The van der Waals surface area contributed by atoms with Crippen LogP contribution in [0.15, 0.2) is 15.8 Å². The van der Waals surface area contributed by atoms with Crippen molar-refractivity contribution in [2.45, 2.75) is 11.9 Å². The van der Waals surface area contributed by atoms with Gasteiger partial charge in [0.1, 0.15) is 6.26 Å². The van der Waals surface area contributed by atoms with Gasteiger partial charge < -0.3 is 4.52 Å². The first kappa shape index (κ1) is 7.23. The number of hydrogen-bond acceptors (Lipinski definition) is 4. The van der Waals surface area contributed by atoms with Crippen molar-refractivity contribution in [3.8, 4) is 0 Å². The molecule has 0 radical (unpaired) electrons. The molecule has 0 spiro atoms. The lowest BCUT2D eigenvalue weighted by Gasteiger charge is -1.86. The first-order valence-corrected chi connectivity index (χ1v) is 3.84. The molecule has 0 fully saturated rings. The van der Waals surface area contributed by atoms with E-state index in [-0.39, 0.29) is 0 Å². The van der Waals surface area contributed by atoms with E-state index >= 15 is 0 Å². The quantitative estimate of drug-likeness (QED) is 0.599. The molecule has 0 amide bonds. The first-order chi connectivity index (χ1) is 4.52. The van der Waals surface area contributed by atoms with Crippen molar-refractivity contribution in [3.63, 3.8) is 0 Å². The molecule has 56 valence electrons. The zero-order chi connectivity index (χ0) is 7.78. The van der Waals surface area contributed by atoms with Gasteiger partial charge in [0.15, 0.2) is 0 Å². The molecule has 0 aliphatic rings. The summed E-state index contributed by atoms with van der Waals surface area (Å²) in [7, 11) is -4.20. The Kier molecular flexibility index (Phi) is 1.49. The van der Waals surface area contributed by atoms with Gasteiger partial charge in [0.25, 0.3) is 0 Å². The van der Waals surface area contributed by atoms with Gasteiger partial charge in [-0.25, -0.2) is 0 Å². The molecule has 0 bridgehead atoms. The van der Waals surface area contributed by atoms with Crippen LogP contribution in [-0.4, -0.2) is 18.1 Å². The predicted octanol–water partition coefficient (Wildman–Crippen LogP) is 0.230. The highest BCUT2D eigenvalue weighted by molar-refractivity contribution is 7.85. The summed E-state index contributed by atoms with van der Waals surface area (Å²) >= 11 is 0. The lowest BCUT2D eigenvalue weighted by molar-refractivity contribution is 0.392. The number of hydrogen-bond donors (Lipinski definition) is 1. The van der Waals surface area contributed by atoms with E-state index in [1.165, 1.54) is 6.92 Å². The monoisotopic (exact) mass is 163 g/mol. The normalized spacial score (nSPS) is 11.8. The van der Waals surface area contributed by atoms with Gasteiger partial charge in [0, 0.05) is 5.56 Å². The molecule has 1 heterocycles. The van der Waals surface area contributed by atoms with E-state index < -0.39 is 15.1 Å². The smallest absolute Gasteiger partial charge is 0.315 e. The summed E-state index contributed by atoms with van der Waals surface area (Å²) in [4.78, 5) is 0. The third-order valence-electron chi connectivity index (χ3n) is 0.947. The summed E-state index contributed by atoms with van der Waals surface area (Å²) in [5, 5.41) is 2.65. The maximum Gasteiger partial charge on any atom is 0.315 e. The molecule has 6 heteroatoms. The van der Waals surface area contributed by atoms with Gasteiger partial charge in [-0.2, -0.15) is 8.42 Å². The summed E-state index contributed by atoms with van der Waals surface area (Å²) in [6.45, 7) is 1.47. The van der Waals surface area contributed by atoms with Crippen molar-refractivity contribution in [2.75, 3.05) is 0 Å². The van der Waals surface area contributed by atoms with Crippen LogP contribution in [0.1, 0.15) is 5.56 Å². The van der Waals surface area contributed by atoms with Crippen molar-refractivity contribution in [1.82, 2.24) is 5.16 Å². The van der Waals surface area contributed by atoms with Gasteiger partial charge in [-0.3, -0.25) is 4.55 Å². The molecule has 1 aromatic heterocycles. The van der Waals surface area contributed by atoms with Gasteiger partial charge in [-0.1, -0.05) is 5.16 Å². The summed E-state index contributed by atoms with van der Waals surface area (Å²) in [6, 6.07) is 0. The van der Waals surface area contributed by atoms with Crippen molar-refractivity contribution in [2.24, 2.45) is 0 Å². The Morgan fingerprint density at radius 1 is 1.70 bits per heavy atom. The molecule has 0 aliphatic carbocycles. The highest BCUT2D eigenvalue weighted by atomic mass is 32.2. The zero-order valence-corrected chi connectivity index (χ0v) is 5.92. The zero-order valence-electron chi connectivity index (χ0n) is 5.10. The maximum atomic E-state index is 10.3. The van der Waals surface area contributed by atoms with E-state index in [9.17, 15) is 8.42 Å². The standard InChI is InChI=1S/C4H5NO4S/c1-3-2-9-5-4(3)10(6,7)8/h2H,1H3,(H,6,7,8). The average Bonchev–Trinajstić information content (AvgIpc) is 2.11. The van der Waals surface area contributed by atoms with Crippen LogP contribution < -0.4 is 0 Å². The second-order valence-corrected chi connectivity index (χ2v) is 3.11. The van der Waals surface area contributed by atoms with Crippen LogP contribution in [0.2, 0.25) is 0 Å². The first-order valence-electron chi connectivity index (χ1n) is 2.40. The molecule has 0 aliphatic heterocycles. The molecule has 0 saturated heterocycles. The lowest BCUT2D eigenvalue weighted by atomic mass is 10.4. The Morgan fingerprint density at radius 3 is 2.50 bits per heavy atom. The van der Waals surface area contributed by atoms with Crippen LogP contribution in [-0.2, 0) is 10.1 Å². The summed E-state index contributed by atoms with van der Waals surface area (Å²) in [6.07, 6.45) is 1.14. The molecule has 1 N–H and O–H groups in total. The third-order valence-corrected chi connectivity index (χ3v) is 1.83. The third kappa shape index (κ3) is 1.17. The summed E-state index contributed by atoms with van der Waals surface area (Å²) in [5.41, 5.74) is 0.294. The molecule has 1 rings (SSSR count). The Hall–Kier alpha value is -0.880. The maximum absolute atomic E-state index is 10.3. The molecule has 0 atom stereocenters. The molecule has 0 saturated carbocycles. The Balaban J connectivity index is 3.32. The minimum atomic E-state index is -4.20. The fourth-order valence-electron chi connectivity index (χ4n) is 0.526. The second kappa shape index (κ2) is 2.06. The van der Waals surface area contributed by atoms with Crippen molar-refractivity contribution < 1.29 is 17.5 Å². The number of rotatable bonds is 1. The van der Waals surface area contributed by atoms with Crippen molar-refractivity contribution in [1.29, 1.82) is 0 Å². The highest BCUT2D eigenvalue weighted by Gasteiger charge is 2.16. The van der Waals surface area contributed by atoms with Crippen molar-refractivity contribution in [3.05, 3.63) is 11.8 Å². The molecular formula is C4H5NO4S. The molecule has 10 heavy (non-hydrogen) atoms. The van der Waals surface area contributed by atoms with Crippen LogP contribution in [0.4, 0.5) is 0 Å². The van der Waals surface area contributed by atoms with Crippen LogP contribution in [0.3, 0.4) is 0 Å². The van der Waals surface area contributed by atoms with Gasteiger partial charge in [-0.05, 0) is 6.92 Å². The van der Waals surface area contributed by atoms with Gasteiger partial charge in [0.05, 0.1) is 0 Å². The molecular weight excluding hydrogens is 158 g/mol. The van der Waals surface area contributed by atoms with Crippen molar-refractivity contribution >= 4 is 10.1 Å². The average molecular weight is 163 g/mol. The Morgan fingerprint density at radius 2 is 2.30 bits per heavy atom. The summed E-state index contributed by atoms with van der Waals surface area (Å²) in [5.74, 6) is 0. The van der Waals surface area contributed by atoms with Gasteiger partial charge >= 0.3 is 10.1 Å². The lowest BCUT2D eigenvalue weighted by Crippen LogP contribution is -1.99. The van der Waals surface area contributed by atoms with Gasteiger partial charge in [-0.15, -0.1) is 0 Å². The Labute approximate surface area is 57.4 Å². The number of nitrogens with zero attached hydrogens (tertiary/aromatic N) is 1. The predicted molar refractivity (Wildman–Crippen MR) is 31.1 cm³/mol. The second-order valence-electron chi connectivity index (χ2n) is 1.78. The SMILES string of the molecule is Cc1conc1S(=O)(=O)O. The van der Waals surface area contributed by atoms with E-state index in [0.717, 1.165) is 6.26 Å². The molecule has 0 unspecified atom stereocenters. The number of aromatic nitrogens is 1. The molecule has 5 nitrogen and oxygen atoms in total. The molecule has 0 aromatic carbocycles. The van der Waals surface area contributed by atoms with E-state index in [1.807, 2.05) is 0 Å². The van der Waals surface area contributed by atoms with Crippen LogP contribution in [0.25, 0.3) is 0 Å². The van der Waals surface area contributed by atoms with Crippen LogP contribution in [0, 0.1) is 6.92 Å².